The Morgan fingerprint density at radius 3 is 2.92 bits per heavy atom. The number of piperidine rings is 1. The van der Waals surface area contributed by atoms with Crippen molar-refractivity contribution < 1.29 is 9.53 Å². The maximum absolute atomic E-state index is 12.8. The third kappa shape index (κ3) is 4.43. The van der Waals surface area contributed by atoms with Crippen LogP contribution in [0.5, 0.6) is 0 Å². The number of nitrogens with zero attached hydrogens (tertiary/aromatic N) is 4. The van der Waals surface area contributed by atoms with E-state index in [-0.39, 0.29) is 5.91 Å². The smallest absolute Gasteiger partial charge is 0.242 e. The lowest BCUT2D eigenvalue weighted by molar-refractivity contribution is -0.130. The van der Waals surface area contributed by atoms with Crippen molar-refractivity contribution >= 4 is 11.6 Å². The molecule has 1 amide bonds. The third-order valence-electron chi connectivity index (χ3n) is 4.99. The summed E-state index contributed by atoms with van der Waals surface area (Å²) in [6, 6.07) is 10.0. The minimum Gasteiger partial charge on any atom is -0.383 e. The van der Waals surface area contributed by atoms with Crippen LogP contribution in [-0.2, 0) is 16.1 Å². The van der Waals surface area contributed by atoms with Crippen LogP contribution in [0.2, 0.25) is 0 Å². The first-order valence-corrected chi connectivity index (χ1v) is 9.23. The van der Waals surface area contributed by atoms with Crippen LogP contribution in [0, 0.1) is 0 Å². The molecule has 6 heteroatoms. The SMILES string of the molecule is COCCn1ccnc1[C@H]1CCCN(C(=O)CN(C)c2ccccc2)C1. The maximum atomic E-state index is 12.8. The molecular formula is C20H28N4O2. The van der Waals surface area contributed by atoms with E-state index < -0.39 is 0 Å². The maximum Gasteiger partial charge on any atom is 0.242 e. The molecule has 0 aliphatic carbocycles. The summed E-state index contributed by atoms with van der Waals surface area (Å²) < 4.78 is 7.33. The molecule has 3 rings (SSSR count). The van der Waals surface area contributed by atoms with Crippen molar-refractivity contribution in [2.75, 3.05) is 45.3 Å². The number of amides is 1. The first-order chi connectivity index (χ1) is 12.7. The lowest BCUT2D eigenvalue weighted by atomic mass is 9.97. The summed E-state index contributed by atoms with van der Waals surface area (Å²) in [5.74, 6) is 1.54. The lowest BCUT2D eigenvalue weighted by Crippen LogP contribution is -2.44. The van der Waals surface area contributed by atoms with Gasteiger partial charge >= 0.3 is 0 Å². The standard InChI is InChI=1S/C20H28N4O2/c1-22(18-8-4-3-5-9-18)16-19(25)24-11-6-7-17(15-24)20-21-10-12-23(20)13-14-26-2/h3-5,8-10,12,17H,6-7,11,13-16H2,1-2H3/t17-/m0/s1. The van der Waals surface area contributed by atoms with Gasteiger partial charge in [0.05, 0.1) is 13.2 Å². The molecule has 1 aliphatic heterocycles. The van der Waals surface area contributed by atoms with E-state index in [0.29, 0.717) is 19.1 Å². The lowest BCUT2D eigenvalue weighted by Gasteiger charge is -2.34. The largest absolute Gasteiger partial charge is 0.383 e. The minimum atomic E-state index is 0.177. The number of carbonyl (C=O) groups excluding carboxylic acids is 1. The number of likely N-dealkylation sites (N-methyl/N-ethyl adjacent to an activating group) is 1. The Hall–Kier alpha value is -2.34. The fraction of sp³-hybridized carbons (Fsp3) is 0.500. The highest BCUT2D eigenvalue weighted by atomic mass is 16.5. The van der Waals surface area contributed by atoms with Crippen LogP contribution in [0.1, 0.15) is 24.6 Å². The van der Waals surface area contributed by atoms with E-state index in [1.54, 1.807) is 7.11 Å². The number of hydrogen-bond donors (Lipinski definition) is 0. The minimum absolute atomic E-state index is 0.177. The molecule has 1 atom stereocenters. The molecule has 1 aromatic carbocycles. The van der Waals surface area contributed by atoms with Crippen LogP contribution < -0.4 is 4.90 Å². The van der Waals surface area contributed by atoms with Crippen molar-refractivity contribution in [2.24, 2.45) is 0 Å². The number of hydrogen-bond acceptors (Lipinski definition) is 4. The monoisotopic (exact) mass is 356 g/mol. The number of para-hydroxylation sites is 1. The Morgan fingerprint density at radius 1 is 1.35 bits per heavy atom. The van der Waals surface area contributed by atoms with Gasteiger partial charge in [-0.1, -0.05) is 18.2 Å². The highest BCUT2D eigenvalue weighted by Crippen LogP contribution is 2.26. The summed E-state index contributed by atoms with van der Waals surface area (Å²) in [5, 5.41) is 0. The van der Waals surface area contributed by atoms with E-state index in [0.717, 1.165) is 44.0 Å². The molecule has 0 bridgehead atoms. The van der Waals surface area contributed by atoms with Crippen molar-refractivity contribution in [3.63, 3.8) is 0 Å². The molecule has 0 saturated carbocycles. The van der Waals surface area contributed by atoms with Crippen molar-refractivity contribution in [3.05, 3.63) is 48.5 Å². The van der Waals surface area contributed by atoms with Crippen LogP contribution >= 0.6 is 0 Å². The number of benzene rings is 1. The zero-order chi connectivity index (χ0) is 18.4. The summed E-state index contributed by atoms with van der Waals surface area (Å²) in [7, 11) is 3.67. The first kappa shape index (κ1) is 18.5. The van der Waals surface area contributed by atoms with Gasteiger partial charge in [-0.05, 0) is 25.0 Å². The van der Waals surface area contributed by atoms with Crippen LogP contribution in [0.25, 0.3) is 0 Å². The second-order valence-corrected chi connectivity index (χ2v) is 6.84. The topological polar surface area (TPSA) is 50.6 Å². The van der Waals surface area contributed by atoms with Gasteiger partial charge in [-0.3, -0.25) is 4.79 Å². The normalized spacial score (nSPS) is 17.3. The van der Waals surface area contributed by atoms with Crippen molar-refractivity contribution in [3.8, 4) is 0 Å². The summed E-state index contributed by atoms with van der Waals surface area (Å²) in [4.78, 5) is 21.3. The number of imidazole rings is 1. The van der Waals surface area contributed by atoms with Gasteiger partial charge in [0.1, 0.15) is 5.82 Å². The zero-order valence-corrected chi connectivity index (χ0v) is 15.7. The van der Waals surface area contributed by atoms with E-state index in [1.807, 2.05) is 59.6 Å². The molecule has 0 unspecified atom stereocenters. The molecule has 1 saturated heterocycles. The number of ether oxygens (including phenoxy) is 1. The fourth-order valence-electron chi connectivity index (χ4n) is 3.55. The van der Waals surface area contributed by atoms with Gasteiger partial charge in [-0.15, -0.1) is 0 Å². The molecule has 26 heavy (non-hydrogen) atoms. The predicted molar refractivity (Wildman–Crippen MR) is 102 cm³/mol. The molecule has 6 nitrogen and oxygen atoms in total. The van der Waals surface area contributed by atoms with E-state index in [4.69, 9.17) is 4.74 Å². The molecular weight excluding hydrogens is 328 g/mol. The summed E-state index contributed by atoms with van der Waals surface area (Å²) >= 11 is 0. The number of aromatic nitrogens is 2. The van der Waals surface area contributed by atoms with E-state index in [2.05, 4.69) is 9.55 Å². The highest BCUT2D eigenvalue weighted by molar-refractivity contribution is 5.81. The molecule has 2 heterocycles. The number of anilines is 1. The number of methoxy groups -OCH3 is 1. The zero-order valence-electron chi connectivity index (χ0n) is 15.7. The number of carbonyl (C=O) groups is 1. The third-order valence-corrected chi connectivity index (χ3v) is 4.99. The van der Waals surface area contributed by atoms with E-state index in [1.165, 1.54) is 0 Å². The first-order valence-electron chi connectivity index (χ1n) is 9.23. The quantitative estimate of drug-likeness (QED) is 0.764. The van der Waals surface area contributed by atoms with Crippen LogP contribution in [-0.4, -0.2) is 60.8 Å². The molecule has 1 fully saturated rings. The Morgan fingerprint density at radius 2 is 2.15 bits per heavy atom. The molecule has 0 N–H and O–H groups in total. The Balaban J connectivity index is 1.61. The summed E-state index contributed by atoms with van der Waals surface area (Å²) in [6.07, 6.45) is 5.93. The van der Waals surface area contributed by atoms with Crippen LogP contribution in [0.3, 0.4) is 0 Å². The van der Waals surface area contributed by atoms with Crippen LogP contribution in [0.4, 0.5) is 5.69 Å². The van der Waals surface area contributed by atoms with E-state index >= 15 is 0 Å². The average Bonchev–Trinajstić information content (AvgIpc) is 3.15. The van der Waals surface area contributed by atoms with Crippen molar-refractivity contribution in [2.45, 2.75) is 25.3 Å². The molecule has 0 radical (unpaired) electrons. The fourth-order valence-corrected chi connectivity index (χ4v) is 3.55. The van der Waals surface area contributed by atoms with Gasteiger partial charge in [0.25, 0.3) is 0 Å². The molecule has 0 spiro atoms. The predicted octanol–water partition coefficient (Wildman–Crippen LogP) is 2.37. The molecule has 2 aromatic rings. The van der Waals surface area contributed by atoms with Gasteiger partial charge in [0.2, 0.25) is 5.91 Å². The van der Waals surface area contributed by atoms with Gasteiger partial charge in [0, 0.05) is 57.8 Å². The molecule has 1 aromatic heterocycles. The van der Waals surface area contributed by atoms with E-state index in [9.17, 15) is 4.79 Å². The van der Waals surface area contributed by atoms with Gasteiger partial charge in [-0.25, -0.2) is 4.98 Å². The second kappa shape index (κ2) is 8.85. The molecule has 140 valence electrons. The molecule has 1 aliphatic rings. The number of rotatable bonds is 7. The second-order valence-electron chi connectivity index (χ2n) is 6.84. The Bertz CT molecular complexity index is 701. The van der Waals surface area contributed by atoms with Crippen molar-refractivity contribution in [1.29, 1.82) is 0 Å². The van der Waals surface area contributed by atoms with Gasteiger partial charge in [-0.2, -0.15) is 0 Å². The average molecular weight is 356 g/mol. The van der Waals surface area contributed by atoms with Gasteiger partial charge < -0.3 is 19.1 Å². The van der Waals surface area contributed by atoms with Crippen molar-refractivity contribution in [1.82, 2.24) is 14.5 Å². The Kier molecular flexibility index (Phi) is 6.28. The highest BCUT2D eigenvalue weighted by Gasteiger charge is 2.27. The summed E-state index contributed by atoms with van der Waals surface area (Å²) in [6.45, 7) is 3.44. The van der Waals surface area contributed by atoms with Gasteiger partial charge in [0.15, 0.2) is 0 Å². The summed E-state index contributed by atoms with van der Waals surface area (Å²) in [5.41, 5.74) is 1.06. The number of likely N-dealkylation sites (tertiary alicyclic amines) is 1. The van der Waals surface area contributed by atoms with Crippen LogP contribution in [0.15, 0.2) is 42.7 Å². The Labute approximate surface area is 155 Å².